The summed E-state index contributed by atoms with van der Waals surface area (Å²) in [6.07, 6.45) is 0.966. The van der Waals surface area contributed by atoms with E-state index in [9.17, 15) is 9.59 Å². The first kappa shape index (κ1) is 16.9. The quantitative estimate of drug-likeness (QED) is 0.789. The van der Waals surface area contributed by atoms with Crippen LogP contribution in [0.15, 0.2) is 29.1 Å². The topological polar surface area (TPSA) is 83.4 Å². The van der Waals surface area contributed by atoms with Crippen LogP contribution in [0.25, 0.3) is 5.78 Å². The average molecular weight is 339 g/mol. The lowest BCUT2D eigenvalue weighted by Gasteiger charge is -2.17. The van der Waals surface area contributed by atoms with E-state index in [-0.39, 0.29) is 17.2 Å². The van der Waals surface area contributed by atoms with Crippen molar-refractivity contribution in [2.24, 2.45) is 0 Å². The predicted molar refractivity (Wildman–Crippen MR) is 95.8 cm³/mol. The highest BCUT2D eigenvalue weighted by Crippen LogP contribution is 2.15. The number of hydrogen-bond donors (Lipinski definition) is 1. The van der Waals surface area contributed by atoms with Crippen LogP contribution in [0.5, 0.6) is 0 Å². The molecular weight excluding hydrogens is 318 g/mol. The summed E-state index contributed by atoms with van der Waals surface area (Å²) in [6.45, 7) is 7.42. The molecule has 0 aliphatic carbocycles. The van der Waals surface area contributed by atoms with Crippen molar-refractivity contribution in [1.82, 2.24) is 19.6 Å². The molecule has 7 nitrogen and oxygen atoms in total. The van der Waals surface area contributed by atoms with Crippen LogP contribution in [-0.4, -0.2) is 25.5 Å². The van der Waals surface area contributed by atoms with Gasteiger partial charge in [-0.25, -0.2) is 4.98 Å². The Morgan fingerprint density at radius 3 is 2.40 bits per heavy atom. The Balaban J connectivity index is 2.00. The summed E-state index contributed by atoms with van der Waals surface area (Å²) in [7, 11) is 0. The van der Waals surface area contributed by atoms with Gasteiger partial charge in [-0.1, -0.05) is 31.2 Å². The van der Waals surface area contributed by atoms with Gasteiger partial charge in [-0.3, -0.25) is 19.6 Å². The van der Waals surface area contributed by atoms with Crippen molar-refractivity contribution in [2.75, 3.05) is 4.90 Å². The SMILES string of the molecule is CCc1ccc(CN(C(C)=O)c2nc3nc(C)c(C)c(=O)n3[nH]2)cc1. The molecule has 130 valence electrons. The molecule has 7 heteroatoms. The second-order valence-corrected chi connectivity index (χ2v) is 6.09. The van der Waals surface area contributed by atoms with Gasteiger partial charge in [0, 0.05) is 18.2 Å². The third-order valence-electron chi connectivity index (χ3n) is 4.36. The van der Waals surface area contributed by atoms with Crippen LogP contribution in [0.1, 0.15) is 36.2 Å². The first-order valence-electron chi connectivity index (χ1n) is 8.22. The fraction of sp³-hybridized carbons (Fsp3) is 0.333. The number of benzene rings is 1. The van der Waals surface area contributed by atoms with Gasteiger partial charge in [-0.05, 0) is 31.4 Å². The lowest BCUT2D eigenvalue weighted by atomic mass is 10.1. The van der Waals surface area contributed by atoms with Crippen LogP contribution >= 0.6 is 0 Å². The van der Waals surface area contributed by atoms with Gasteiger partial charge in [0.1, 0.15) is 0 Å². The highest BCUT2D eigenvalue weighted by Gasteiger charge is 2.18. The second-order valence-electron chi connectivity index (χ2n) is 6.09. The van der Waals surface area contributed by atoms with Gasteiger partial charge in [0.2, 0.25) is 11.9 Å². The minimum absolute atomic E-state index is 0.167. The molecule has 0 spiro atoms. The van der Waals surface area contributed by atoms with E-state index in [1.807, 2.05) is 24.3 Å². The molecule has 2 heterocycles. The van der Waals surface area contributed by atoms with Crippen molar-refractivity contribution < 1.29 is 4.79 Å². The van der Waals surface area contributed by atoms with Crippen LogP contribution < -0.4 is 10.5 Å². The first-order valence-corrected chi connectivity index (χ1v) is 8.22. The highest BCUT2D eigenvalue weighted by molar-refractivity contribution is 5.89. The second kappa shape index (κ2) is 6.51. The largest absolute Gasteiger partial charge is 0.277 e. The van der Waals surface area contributed by atoms with Crippen molar-refractivity contribution in [3.05, 3.63) is 57.0 Å². The number of H-pyrrole nitrogens is 1. The molecule has 0 aliphatic rings. The van der Waals surface area contributed by atoms with E-state index in [0.29, 0.717) is 23.8 Å². The van der Waals surface area contributed by atoms with E-state index < -0.39 is 0 Å². The smallest absolute Gasteiger partial charge is 0.277 e. The minimum atomic E-state index is -0.211. The maximum absolute atomic E-state index is 12.3. The molecule has 3 rings (SSSR count). The average Bonchev–Trinajstić information content (AvgIpc) is 3.01. The Morgan fingerprint density at radius 1 is 1.16 bits per heavy atom. The number of nitrogens with zero attached hydrogens (tertiary/aromatic N) is 4. The molecule has 1 amide bonds. The molecule has 0 saturated carbocycles. The van der Waals surface area contributed by atoms with E-state index in [1.54, 1.807) is 13.8 Å². The third kappa shape index (κ3) is 3.17. The lowest BCUT2D eigenvalue weighted by molar-refractivity contribution is -0.116. The molecule has 0 fully saturated rings. The molecule has 0 atom stereocenters. The summed E-state index contributed by atoms with van der Waals surface area (Å²) in [5.74, 6) is 0.400. The van der Waals surface area contributed by atoms with Crippen molar-refractivity contribution in [3.63, 3.8) is 0 Å². The number of anilines is 1. The number of aromatic amines is 1. The fourth-order valence-electron chi connectivity index (χ4n) is 2.61. The zero-order valence-corrected chi connectivity index (χ0v) is 14.8. The van der Waals surface area contributed by atoms with Gasteiger partial charge in [0.25, 0.3) is 11.3 Å². The van der Waals surface area contributed by atoms with Crippen LogP contribution in [0.2, 0.25) is 0 Å². The van der Waals surface area contributed by atoms with Gasteiger partial charge in [0.15, 0.2) is 0 Å². The molecule has 0 saturated heterocycles. The number of carbonyl (C=O) groups excluding carboxylic acids is 1. The maximum Gasteiger partial charge on any atom is 0.277 e. The number of amides is 1. The van der Waals surface area contributed by atoms with Crippen molar-refractivity contribution in [2.45, 2.75) is 40.7 Å². The highest BCUT2D eigenvalue weighted by atomic mass is 16.2. The number of fused-ring (bicyclic) bond motifs is 1. The fourth-order valence-corrected chi connectivity index (χ4v) is 2.61. The van der Waals surface area contributed by atoms with Gasteiger partial charge < -0.3 is 0 Å². The van der Waals surface area contributed by atoms with E-state index in [2.05, 4.69) is 22.0 Å². The summed E-state index contributed by atoms with van der Waals surface area (Å²) in [6, 6.07) is 8.09. The van der Waals surface area contributed by atoms with Crippen molar-refractivity contribution in [3.8, 4) is 0 Å². The van der Waals surface area contributed by atoms with Crippen LogP contribution in [-0.2, 0) is 17.8 Å². The molecule has 3 aromatic rings. The molecule has 1 N–H and O–H groups in total. The summed E-state index contributed by atoms with van der Waals surface area (Å²) >= 11 is 0. The Morgan fingerprint density at radius 2 is 1.80 bits per heavy atom. The van der Waals surface area contributed by atoms with E-state index in [1.165, 1.54) is 21.9 Å². The van der Waals surface area contributed by atoms with E-state index >= 15 is 0 Å². The van der Waals surface area contributed by atoms with Gasteiger partial charge >= 0.3 is 0 Å². The zero-order chi connectivity index (χ0) is 18.1. The number of hydrogen-bond acceptors (Lipinski definition) is 4. The van der Waals surface area contributed by atoms with Gasteiger partial charge in [0.05, 0.1) is 6.54 Å². The Hall–Kier alpha value is -2.96. The number of aromatic nitrogens is 4. The number of aryl methyl sites for hydroxylation is 2. The van der Waals surface area contributed by atoms with Crippen LogP contribution in [0.4, 0.5) is 5.95 Å². The number of rotatable bonds is 4. The molecular formula is C18H21N5O2. The van der Waals surface area contributed by atoms with Gasteiger partial charge in [-0.2, -0.15) is 9.50 Å². The summed E-state index contributed by atoms with van der Waals surface area (Å²) in [5, 5.41) is 2.89. The van der Waals surface area contributed by atoms with Crippen molar-refractivity contribution >= 4 is 17.6 Å². The van der Waals surface area contributed by atoms with Crippen LogP contribution in [0, 0.1) is 13.8 Å². The van der Waals surface area contributed by atoms with E-state index in [0.717, 1.165) is 12.0 Å². The summed E-state index contributed by atoms with van der Waals surface area (Å²) in [4.78, 5) is 34.6. The van der Waals surface area contributed by atoms with E-state index in [4.69, 9.17) is 0 Å². The first-order chi connectivity index (χ1) is 11.9. The monoisotopic (exact) mass is 339 g/mol. The molecule has 1 aromatic carbocycles. The number of carbonyl (C=O) groups is 1. The molecule has 25 heavy (non-hydrogen) atoms. The maximum atomic E-state index is 12.3. The molecule has 2 aromatic heterocycles. The normalized spacial score (nSPS) is 11.0. The standard InChI is InChI=1S/C18H21N5O2/c1-5-14-6-8-15(9-7-14)10-22(13(4)24)18-20-17-19-12(3)11(2)16(25)23(17)21-18/h6-9H,5,10H2,1-4H3,(H,19,20,21). The Labute approximate surface area is 145 Å². The third-order valence-corrected chi connectivity index (χ3v) is 4.36. The zero-order valence-electron chi connectivity index (χ0n) is 14.8. The molecule has 0 radical (unpaired) electrons. The van der Waals surface area contributed by atoms with Gasteiger partial charge in [-0.15, -0.1) is 0 Å². The molecule has 0 unspecified atom stereocenters. The minimum Gasteiger partial charge on any atom is -0.277 e. The molecule has 0 aliphatic heterocycles. The Kier molecular flexibility index (Phi) is 4.39. The van der Waals surface area contributed by atoms with Crippen LogP contribution in [0.3, 0.4) is 0 Å². The predicted octanol–water partition coefficient (Wildman–Crippen LogP) is 2.15. The lowest BCUT2D eigenvalue weighted by Crippen LogP contribution is -2.29. The number of nitrogens with one attached hydrogen (secondary N) is 1. The molecule has 0 bridgehead atoms. The van der Waals surface area contributed by atoms with Crippen molar-refractivity contribution in [1.29, 1.82) is 0 Å². The summed E-state index contributed by atoms with van der Waals surface area (Å²) < 4.78 is 1.27. The Bertz CT molecular complexity index is 985. The summed E-state index contributed by atoms with van der Waals surface area (Å²) in [5.41, 5.74) is 3.20.